The predicted octanol–water partition coefficient (Wildman–Crippen LogP) is 3.32. The molecule has 0 spiro atoms. The summed E-state index contributed by atoms with van der Waals surface area (Å²) in [6.45, 7) is 4.47. The van der Waals surface area contributed by atoms with Gasteiger partial charge in [-0.1, -0.05) is 38.1 Å². The number of amides is 1. The molecule has 0 aliphatic rings. The van der Waals surface area contributed by atoms with Crippen LogP contribution in [-0.2, 0) is 19.4 Å². The lowest BCUT2D eigenvalue weighted by molar-refractivity contribution is 0.0948. The summed E-state index contributed by atoms with van der Waals surface area (Å²) in [5, 5.41) is 7.66. The minimum atomic E-state index is -0.0958. The van der Waals surface area contributed by atoms with E-state index in [1.54, 1.807) is 6.20 Å². The molecule has 128 valence electrons. The highest BCUT2D eigenvalue weighted by Crippen LogP contribution is 2.20. The summed E-state index contributed by atoms with van der Waals surface area (Å²) in [5.74, 6) is -0.0958. The molecule has 0 unspecified atom stereocenters. The molecular formula is C20H22N4O. The van der Waals surface area contributed by atoms with Crippen molar-refractivity contribution in [2.45, 2.75) is 33.2 Å². The lowest BCUT2D eigenvalue weighted by atomic mass is 10.1. The SMILES string of the molecule is CCc1nn(-c2ccccc2)c(CC)c1C(=O)NCc1ccccn1. The number of nitrogens with zero attached hydrogens (tertiary/aromatic N) is 3. The number of aryl methyl sites for hydroxylation is 1. The van der Waals surface area contributed by atoms with Crippen LogP contribution < -0.4 is 5.32 Å². The van der Waals surface area contributed by atoms with Gasteiger partial charge in [-0.3, -0.25) is 9.78 Å². The Kier molecular flexibility index (Phi) is 5.23. The molecule has 3 aromatic rings. The molecule has 0 atom stereocenters. The van der Waals surface area contributed by atoms with Crippen molar-refractivity contribution in [1.82, 2.24) is 20.1 Å². The normalized spacial score (nSPS) is 10.6. The van der Waals surface area contributed by atoms with Crippen molar-refractivity contribution in [3.8, 4) is 5.69 Å². The van der Waals surface area contributed by atoms with Crippen molar-refractivity contribution in [1.29, 1.82) is 0 Å². The van der Waals surface area contributed by atoms with Gasteiger partial charge in [-0.05, 0) is 37.1 Å². The Morgan fingerprint density at radius 3 is 2.44 bits per heavy atom. The number of carbonyl (C=O) groups excluding carboxylic acids is 1. The highest BCUT2D eigenvalue weighted by molar-refractivity contribution is 5.96. The standard InChI is InChI=1S/C20H22N4O/c1-3-17-19(20(25)22-14-15-10-8-9-13-21-15)18(4-2)24(23-17)16-11-6-5-7-12-16/h5-13H,3-4,14H2,1-2H3,(H,22,25). The topological polar surface area (TPSA) is 59.8 Å². The lowest BCUT2D eigenvalue weighted by Crippen LogP contribution is -2.25. The van der Waals surface area contributed by atoms with Gasteiger partial charge in [-0.25, -0.2) is 4.68 Å². The van der Waals surface area contributed by atoms with Crippen LogP contribution in [0.5, 0.6) is 0 Å². The lowest BCUT2D eigenvalue weighted by Gasteiger charge is -2.08. The second-order valence-corrected chi connectivity index (χ2v) is 5.73. The van der Waals surface area contributed by atoms with Gasteiger partial charge in [0.1, 0.15) is 0 Å². The van der Waals surface area contributed by atoms with E-state index in [-0.39, 0.29) is 5.91 Å². The number of pyridine rings is 1. The maximum atomic E-state index is 12.8. The molecule has 2 aromatic heterocycles. The van der Waals surface area contributed by atoms with Gasteiger partial charge >= 0.3 is 0 Å². The first kappa shape index (κ1) is 16.9. The van der Waals surface area contributed by atoms with E-state index in [9.17, 15) is 4.79 Å². The molecule has 5 heteroatoms. The van der Waals surface area contributed by atoms with Crippen molar-refractivity contribution >= 4 is 5.91 Å². The number of rotatable bonds is 6. The second kappa shape index (κ2) is 7.75. The number of benzene rings is 1. The molecule has 0 aliphatic heterocycles. The molecule has 0 radical (unpaired) electrons. The number of aromatic nitrogens is 3. The molecule has 2 heterocycles. The minimum Gasteiger partial charge on any atom is -0.346 e. The second-order valence-electron chi connectivity index (χ2n) is 5.73. The van der Waals surface area contributed by atoms with Gasteiger partial charge in [-0.15, -0.1) is 0 Å². The van der Waals surface area contributed by atoms with Crippen LogP contribution in [0.1, 0.15) is 41.3 Å². The van der Waals surface area contributed by atoms with Crippen molar-refractivity contribution in [2.75, 3.05) is 0 Å². The summed E-state index contributed by atoms with van der Waals surface area (Å²) in [6.07, 6.45) is 3.16. The van der Waals surface area contributed by atoms with Gasteiger partial charge in [0.05, 0.1) is 34.9 Å². The Bertz CT molecular complexity index is 841. The molecule has 1 N–H and O–H groups in total. The van der Waals surface area contributed by atoms with E-state index >= 15 is 0 Å². The molecular weight excluding hydrogens is 312 g/mol. The van der Waals surface area contributed by atoms with E-state index in [1.807, 2.05) is 67.1 Å². The fourth-order valence-corrected chi connectivity index (χ4v) is 2.88. The molecule has 25 heavy (non-hydrogen) atoms. The number of carbonyl (C=O) groups is 1. The Morgan fingerprint density at radius 2 is 1.80 bits per heavy atom. The molecule has 0 aliphatic carbocycles. The molecule has 3 rings (SSSR count). The maximum absolute atomic E-state index is 12.8. The Balaban J connectivity index is 1.92. The van der Waals surface area contributed by atoms with Crippen LogP contribution in [0.4, 0.5) is 0 Å². The van der Waals surface area contributed by atoms with Crippen LogP contribution in [0.25, 0.3) is 5.69 Å². The van der Waals surface area contributed by atoms with Gasteiger partial charge in [0.25, 0.3) is 5.91 Å². The van der Waals surface area contributed by atoms with E-state index < -0.39 is 0 Å². The van der Waals surface area contributed by atoms with Crippen LogP contribution in [-0.4, -0.2) is 20.7 Å². The van der Waals surface area contributed by atoms with Crippen LogP contribution >= 0.6 is 0 Å². The van der Waals surface area contributed by atoms with Crippen molar-refractivity contribution in [2.24, 2.45) is 0 Å². The number of hydrogen-bond donors (Lipinski definition) is 1. The third-order valence-electron chi connectivity index (χ3n) is 4.11. The van der Waals surface area contributed by atoms with E-state index in [0.29, 0.717) is 18.5 Å². The zero-order chi connectivity index (χ0) is 17.6. The van der Waals surface area contributed by atoms with Crippen LogP contribution in [0.3, 0.4) is 0 Å². The van der Waals surface area contributed by atoms with Crippen LogP contribution in [0, 0.1) is 0 Å². The number of hydrogen-bond acceptors (Lipinski definition) is 3. The van der Waals surface area contributed by atoms with Gasteiger partial charge in [-0.2, -0.15) is 5.10 Å². The van der Waals surface area contributed by atoms with E-state index in [2.05, 4.69) is 15.4 Å². The number of nitrogens with one attached hydrogen (secondary N) is 1. The van der Waals surface area contributed by atoms with E-state index in [0.717, 1.165) is 29.2 Å². The minimum absolute atomic E-state index is 0.0958. The van der Waals surface area contributed by atoms with Gasteiger partial charge < -0.3 is 5.32 Å². The zero-order valence-electron chi connectivity index (χ0n) is 14.6. The number of para-hydroxylation sites is 1. The fourth-order valence-electron chi connectivity index (χ4n) is 2.88. The molecule has 1 amide bonds. The zero-order valence-corrected chi connectivity index (χ0v) is 14.6. The van der Waals surface area contributed by atoms with Crippen molar-refractivity contribution < 1.29 is 4.79 Å². The highest BCUT2D eigenvalue weighted by atomic mass is 16.1. The van der Waals surface area contributed by atoms with E-state index in [4.69, 9.17) is 0 Å². The maximum Gasteiger partial charge on any atom is 0.255 e. The van der Waals surface area contributed by atoms with Gasteiger partial charge in [0, 0.05) is 6.20 Å². The van der Waals surface area contributed by atoms with E-state index in [1.165, 1.54) is 0 Å². The van der Waals surface area contributed by atoms with Crippen LogP contribution in [0.15, 0.2) is 54.7 Å². The quantitative estimate of drug-likeness (QED) is 0.752. The van der Waals surface area contributed by atoms with Crippen molar-refractivity contribution in [3.63, 3.8) is 0 Å². The van der Waals surface area contributed by atoms with Crippen LogP contribution in [0.2, 0.25) is 0 Å². The molecule has 0 saturated heterocycles. The Morgan fingerprint density at radius 1 is 1.04 bits per heavy atom. The average Bonchev–Trinajstić information content (AvgIpc) is 3.06. The average molecular weight is 334 g/mol. The third kappa shape index (κ3) is 3.60. The summed E-state index contributed by atoms with van der Waals surface area (Å²) >= 11 is 0. The van der Waals surface area contributed by atoms with Gasteiger partial charge in [0.15, 0.2) is 0 Å². The molecule has 0 fully saturated rings. The summed E-state index contributed by atoms with van der Waals surface area (Å²) in [7, 11) is 0. The molecule has 5 nitrogen and oxygen atoms in total. The monoisotopic (exact) mass is 334 g/mol. The Hall–Kier alpha value is -2.95. The largest absolute Gasteiger partial charge is 0.346 e. The molecule has 1 aromatic carbocycles. The first-order valence-corrected chi connectivity index (χ1v) is 8.58. The first-order chi connectivity index (χ1) is 12.2. The summed E-state index contributed by atoms with van der Waals surface area (Å²) in [5.41, 5.74) is 4.24. The summed E-state index contributed by atoms with van der Waals surface area (Å²) in [4.78, 5) is 17.1. The highest BCUT2D eigenvalue weighted by Gasteiger charge is 2.22. The third-order valence-corrected chi connectivity index (χ3v) is 4.11. The predicted molar refractivity (Wildman–Crippen MR) is 97.7 cm³/mol. The summed E-state index contributed by atoms with van der Waals surface area (Å²) in [6, 6.07) is 15.6. The fraction of sp³-hybridized carbons (Fsp3) is 0.250. The molecule has 0 bridgehead atoms. The van der Waals surface area contributed by atoms with Crippen molar-refractivity contribution in [3.05, 3.63) is 77.4 Å². The molecule has 0 saturated carbocycles. The summed E-state index contributed by atoms with van der Waals surface area (Å²) < 4.78 is 1.88. The first-order valence-electron chi connectivity index (χ1n) is 8.58. The smallest absolute Gasteiger partial charge is 0.255 e. The van der Waals surface area contributed by atoms with Gasteiger partial charge in [0.2, 0.25) is 0 Å². The Labute approximate surface area is 147 Å².